The second-order valence-corrected chi connectivity index (χ2v) is 8.67. The highest BCUT2D eigenvalue weighted by atomic mass is 79.9. The molecule has 0 unspecified atom stereocenters. The van der Waals surface area contributed by atoms with E-state index >= 15 is 0 Å². The van der Waals surface area contributed by atoms with Gasteiger partial charge in [-0.2, -0.15) is 13.2 Å². The molecule has 1 heterocycles. The largest absolute Gasteiger partial charge is 0.481 e. The summed E-state index contributed by atoms with van der Waals surface area (Å²) >= 11 is 3.80. The number of aliphatic carboxylic acids is 1. The highest BCUT2D eigenvalue weighted by molar-refractivity contribution is 9.10. The minimum atomic E-state index is -4.60. The lowest BCUT2D eigenvalue weighted by Gasteiger charge is -2.13. The minimum Gasteiger partial charge on any atom is -0.481 e. The fraction of sp³-hybridized carbons (Fsp3) is 0.143. The molecule has 1 aliphatic heterocycles. The van der Waals surface area contributed by atoms with E-state index in [1.54, 1.807) is 12.1 Å². The van der Waals surface area contributed by atoms with E-state index in [0.29, 0.717) is 26.7 Å². The summed E-state index contributed by atoms with van der Waals surface area (Å²) in [7, 11) is 0. The fourth-order valence-electron chi connectivity index (χ4n) is 2.80. The number of carboxylic acids is 1. The van der Waals surface area contributed by atoms with Crippen LogP contribution in [0.25, 0.3) is 6.08 Å². The summed E-state index contributed by atoms with van der Waals surface area (Å²) in [5.74, 6) is -2.71. The van der Waals surface area contributed by atoms with Gasteiger partial charge in [-0.05, 0) is 54.2 Å². The second kappa shape index (κ2) is 10.3. The van der Waals surface area contributed by atoms with Crippen molar-refractivity contribution in [3.8, 4) is 5.75 Å². The van der Waals surface area contributed by atoms with Crippen LogP contribution >= 0.6 is 27.7 Å². The number of nitrogens with zero attached hydrogens (tertiary/aromatic N) is 1. The monoisotopic (exact) mass is 558 g/mol. The van der Waals surface area contributed by atoms with Crippen molar-refractivity contribution in [3.63, 3.8) is 0 Å². The Hall–Kier alpha value is -3.32. The molecule has 1 saturated heterocycles. The molecule has 8 nitrogen and oxygen atoms in total. The van der Waals surface area contributed by atoms with Crippen molar-refractivity contribution < 1.29 is 42.2 Å². The number of benzene rings is 2. The first-order valence-corrected chi connectivity index (χ1v) is 10.9. The van der Waals surface area contributed by atoms with Gasteiger partial charge >= 0.3 is 12.1 Å². The van der Waals surface area contributed by atoms with Crippen LogP contribution in [-0.4, -0.2) is 46.2 Å². The Labute approximate surface area is 202 Å². The Morgan fingerprint density at radius 3 is 2.59 bits per heavy atom. The first kappa shape index (κ1) is 25.3. The van der Waals surface area contributed by atoms with Crippen molar-refractivity contribution >= 4 is 62.5 Å². The fourth-order valence-corrected chi connectivity index (χ4v) is 4.01. The van der Waals surface area contributed by atoms with Crippen molar-refractivity contribution in [3.05, 3.63) is 63.0 Å². The number of alkyl halides is 3. The third-order valence-corrected chi connectivity index (χ3v) is 5.66. The van der Waals surface area contributed by atoms with Crippen LogP contribution in [0.2, 0.25) is 0 Å². The Bertz CT molecular complexity index is 1200. The zero-order valence-electron chi connectivity index (χ0n) is 16.9. The topological polar surface area (TPSA) is 113 Å². The van der Waals surface area contributed by atoms with Gasteiger partial charge in [-0.15, -0.1) is 0 Å². The predicted molar refractivity (Wildman–Crippen MR) is 120 cm³/mol. The number of carboxylic acid groups (broad SMARTS) is 1. The van der Waals surface area contributed by atoms with E-state index in [0.717, 1.165) is 18.2 Å². The molecule has 3 amide bonds. The summed E-state index contributed by atoms with van der Waals surface area (Å²) in [6.07, 6.45) is -3.28. The third-order valence-electron chi connectivity index (χ3n) is 4.26. The van der Waals surface area contributed by atoms with Crippen LogP contribution < -0.4 is 10.1 Å². The maximum absolute atomic E-state index is 12.8. The molecule has 0 radical (unpaired) electrons. The van der Waals surface area contributed by atoms with E-state index in [9.17, 15) is 32.3 Å². The molecule has 0 saturated carbocycles. The molecule has 0 atom stereocenters. The SMILES string of the molecule is O=C(O)COc1ccc(Br)cc1/C=C1\SC(=O)N(CC(=O)Nc2cccc(C(F)(F)F)c2)C1=O. The number of carbonyl (C=O) groups is 4. The van der Waals surface area contributed by atoms with Crippen molar-refractivity contribution in [1.82, 2.24) is 4.90 Å². The number of imide groups is 1. The van der Waals surface area contributed by atoms with E-state index in [1.165, 1.54) is 18.2 Å². The Balaban J connectivity index is 1.74. The average molecular weight is 559 g/mol. The average Bonchev–Trinajstić information content (AvgIpc) is 3.00. The number of anilines is 1. The first-order chi connectivity index (χ1) is 15.9. The Kier molecular flexibility index (Phi) is 7.67. The van der Waals surface area contributed by atoms with Crippen molar-refractivity contribution in [2.45, 2.75) is 6.18 Å². The maximum atomic E-state index is 12.8. The van der Waals surface area contributed by atoms with Crippen LogP contribution in [0, 0.1) is 0 Å². The molecule has 0 aliphatic carbocycles. The predicted octanol–water partition coefficient (Wildman–Crippen LogP) is 4.61. The zero-order chi connectivity index (χ0) is 25.0. The summed E-state index contributed by atoms with van der Waals surface area (Å²) < 4.78 is 44.3. The van der Waals surface area contributed by atoms with Gasteiger partial charge in [0.1, 0.15) is 12.3 Å². The lowest BCUT2D eigenvalue weighted by atomic mass is 10.2. The van der Waals surface area contributed by atoms with E-state index < -0.39 is 47.9 Å². The van der Waals surface area contributed by atoms with Crippen molar-refractivity contribution in [1.29, 1.82) is 0 Å². The van der Waals surface area contributed by atoms with Gasteiger partial charge < -0.3 is 15.2 Å². The molecule has 0 spiro atoms. The Morgan fingerprint density at radius 1 is 1.18 bits per heavy atom. The standard InChI is InChI=1S/C21H14BrF3N2O6S/c22-13-4-5-15(33-10-18(29)30)11(6-13)7-16-19(31)27(20(32)34-16)9-17(28)26-14-3-1-2-12(8-14)21(23,24)25/h1-8H,9-10H2,(H,26,28)(H,29,30)/b16-7-. The molecule has 0 aromatic heterocycles. The molecule has 0 bridgehead atoms. The maximum Gasteiger partial charge on any atom is 0.416 e. The van der Waals surface area contributed by atoms with E-state index in [4.69, 9.17) is 9.84 Å². The highest BCUT2D eigenvalue weighted by Gasteiger charge is 2.36. The minimum absolute atomic E-state index is 0.0462. The quantitative estimate of drug-likeness (QED) is 0.477. The van der Waals surface area contributed by atoms with Gasteiger partial charge in [0.05, 0.1) is 10.5 Å². The number of thioether (sulfide) groups is 1. The lowest BCUT2D eigenvalue weighted by Crippen LogP contribution is -2.36. The summed E-state index contributed by atoms with van der Waals surface area (Å²) in [5.41, 5.74) is -0.791. The summed E-state index contributed by atoms with van der Waals surface area (Å²) in [4.78, 5) is 48.7. The number of hydrogen-bond donors (Lipinski definition) is 2. The number of amides is 3. The molecule has 34 heavy (non-hydrogen) atoms. The zero-order valence-corrected chi connectivity index (χ0v) is 19.3. The van der Waals surface area contributed by atoms with E-state index in [-0.39, 0.29) is 16.3 Å². The van der Waals surface area contributed by atoms with Crippen LogP contribution in [0.15, 0.2) is 51.8 Å². The number of rotatable bonds is 7. The van der Waals surface area contributed by atoms with Crippen molar-refractivity contribution in [2.24, 2.45) is 0 Å². The van der Waals surface area contributed by atoms with Crippen LogP contribution in [-0.2, 0) is 20.6 Å². The van der Waals surface area contributed by atoms with E-state index in [2.05, 4.69) is 21.2 Å². The van der Waals surface area contributed by atoms with Crippen molar-refractivity contribution in [2.75, 3.05) is 18.5 Å². The number of ether oxygens (including phenoxy) is 1. The van der Waals surface area contributed by atoms with Crippen LogP contribution in [0.3, 0.4) is 0 Å². The molecule has 2 aromatic rings. The number of carbonyl (C=O) groups excluding carboxylic acids is 3. The molecule has 13 heteroatoms. The van der Waals surface area contributed by atoms with Gasteiger partial charge in [-0.3, -0.25) is 19.3 Å². The normalized spacial score (nSPS) is 15.1. The van der Waals surface area contributed by atoms with Crippen LogP contribution in [0.1, 0.15) is 11.1 Å². The third kappa shape index (κ3) is 6.38. The molecule has 3 rings (SSSR count). The Morgan fingerprint density at radius 2 is 1.91 bits per heavy atom. The van der Waals surface area contributed by atoms with Crippen LogP contribution in [0.5, 0.6) is 5.75 Å². The molecule has 178 valence electrons. The highest BCUT2D eigenvalue weighted by Crippen LogP contribution is 2.35. The summed E-state index contributed by atoms with van der Waals surface area (Å²) in [6.45, 7) is -1.33. The molecular weight excluding hydrogens is 545 g/mol. The molecule has 1 fully saturated rings. The summed E-state index contributed by atoms with van der Waals surface area (Å²) in [6, 6.07) is 8.55. The first-order valence-electron chi connectivity index (χ1n) is 9.30. The number of hydrogen-bond acceptors (Lipinski definition) is 6. The van der Waals surface area contributed by atoms with Gasteiger partial charge in [-0.1, -0.05) is 22.0 Å². The van der Waals surface area contributed by atoms with Gasteiger partial charge in [-0.25, -0.2) is 4.79 Å². The molecular formula is C21H14BrF3N2O6S. The van der Waals surface area contributed by atoms with Gasteiger partial charge in [0.2, 0.25) is 5.91 Å². The van der Waals surface area contributed by atoms with Gasteiger partial charge in [0, 0.05) is 15.7 Å². The smallest absolute Gasteiger partial charge is 0.416 e. The van der Waals surface area contributed by atoms with E-state index in [1.807, 2.05) is 0 Å². The van der Waals surface area contributed by atoms with Gasteiger partial charge in [0.15, 0.2) is 6.61 Å². The van der Waals surface area contributed by atoms with Gasteiger partial charge in [0.25, 0.3) is 11.1 Å². The lowest BCUT2D eigenvalue weighted by molar-refractivity contribution is -0.139. The second-order valence-electron chi connectivity index (χ2n) is 6.76. The number of halogens is 4. The molecule has 2 aromatic carbocycles. The van der Waals surface area contributed by atoms with Crippen LogP contribution in [0.4, 0.5) is 23.7 Å². The summed E-state index contributed by atoms with van der Waals surface area (Å²) in [5, 5.41) is 10.3. The molecule has 1 aliphatic rings. The number of nitrogens with one attached hydrogen (secondary N) is 1. The molecule has 2 N–H and O–H groups in total.